The number of alkyl carbamates (subject to hydrolysis) is 2. The summed E-state index contributed by atoms with van der Waals surface area (Å²) in [5.41, 5.74) is 4.73. The van der Waals surface area contributed by atoms with Crippen molar-refractivity contribution in [2.24, 2.45) is 5.73 Å². The molecule has 0 saturated heterocycles. The molecule has 0 radical (unpaired) electrons. The van der Waals surface area contributed by atoms with Crippen molar-refractivity contribution in [1.29, 1.82) is 0 Å². The molecule has 8 N–H and O–H groups in total. The summed E-state index contributed by atoms with van der Waals surface area (Å²) in [5.74, 6) is -0.819. The lowest BCUT2D eigenvalue weighted by Gasteiger charge is -2.22. The normalized spacial score (nSPS) is 12.9. The molecule has 0 aliphatic rings. The third kappa shape index (κ3) is 20.9. The van der Waals surface area contributed by atoms with Crippen LogP contribution in [-0.2, 0) is 19.1 Å². The highest BCUT2D eigenvalue weighted by atomic mass is 16.6. The van der Waals surface area contributed by atoms with E-state index in [1.54, 1.807) is 41.5 Å². The summed E-state index contributed by atoms with van der Waals surface area (Å²) in [7, 11) is 0. The van der Waals surface area contributed by atoms with Crippen LogP contribution >= 0.6 is 0 Å². The third-order valence-corrected chi connectivity index (χ3v) is 4.60. The Labute approximate surface area is 224 Å². The molecule has 0 spiro atoms. The van der Waals surface area contributed by atoms with E-state index in [1.807, 2.05) is 0 Å². The van der Waals surface area contributed by atoms with E-state index in [2.05, 4.69) is 26.6 Å². The molecule has 0 rings (SSSR count). The van der Waals surface area contributed by atoms with E-state index < -0.39 is 47.5 Å². The number of carbonyl (C=O) groups is 5. The molecule has 0 aliphatic carbocycles. The maximum atomic E-state index is 12.6. The SMILES string of the molecule is CC(C)(C)OC(=O)NCCC[C@H](N)C(=O)N[C@@H](CCCNC(=O)O)CC(=O)NCCNC(=O)OC(C)(C)C. The van der Waals surface area contributed by atoms with Gasteiger partial charge in [0.15, 0.2) is 0 Å². The highest BCUT2D eigenvalue weighted by molar-refractivity contribution is 5.83. The van der Waals surface area contributed by atoms with Gasteiger partial charge in [-0.2, -0.15) is 0 Å². The van der Waals surface area contributed by atoms with Crippen LogP contribution < -0.4 is 32.3 Å². The van der Waals surface area contributed by atoms with E-state index in [0.717, 1.165) is 0 Å². The average Bonchev–Trinajstić information content (AvgIpc) is 2.74. The first-order valence-electron chi connectivity index (χ1n) is 12.7. The molecule has 0 aromatic heterocycles. The summed E-state index contributed by atoms with van der Waals surface area (Å²) in [6.07, 6.45) is -0.928. The van der Waals surface area contributed by atoms with Gasteiger partial charge < -0.3 is 46.9 Å². The van der Waals surface area contributed by atoms with Gasteiger partial charge in [0.05, 0.1) is 6.04 Å². The Bertz CT molecular complexity index is 779. The van der Waals surface area contributed by atoms with Crippen molar-refractivity contribution in [3.05, 3.63) is 0 Å². The first-order chi connectivity index (χ1) is 17.5. The molecular formula is C24H46N6O8. The molecule has 0 aromatic carbocycles. The molecule has 0 saturated carbocycles. The van der Waals surface area contributed by atoms with Crippen molar-refractivity contribution in [3.8, 4) is 0 Å². The highest BCUT2D eigenvalue weighted by Gasteiger charge is 2.21. The Morgan fingerprint density at radius 1 is 0.737 bits per heavy atom. The van der Waals surface area contributed by atoms with Gasteiger partial charge in [-0.3, -0.25) is 9.59 Å². The van der Waals surface area contributed by atoms with E-state index in [-0.39, 0.29) is 44.9 Å². The molecular weight excluding hydrogens is 500 g/mol. The van der Waals surface area contributed by atoms with Crippen LogP contribution in [0.1, 0.15) is 73.6 Å². The number of hydrogen-bond donors (Lipinski definition) is 7. The molecule has 0 bridgehead atoms. The molecule has 38 heavy (non-hydrogen) atoms. The van der Waals surface area contributed by atoms with Crippen molar-refractivity contribution >= 4 is 30.1 Å². The monoisotopic (exact) mass is 546 g/mol. The zero-order valence-electron chi connectivity index (χ0n) is 23.4. The van der Waals surface area contributed by atoms with Crippen LogP contribution in [0.4, 0.5) is 14.4 Å². The number of amides is 5. The fourth-order valence-corrected chi connectivity index (χ4v) is 3.01. The van der Waals surface area contributed by atoms with Crippen molar-refractivity contribution in [1.82, 2.24) is 26.6 Å². The number of carboxylic acid groups (broad SMARTS) is 1. The molecule has 0 heterocycles. The number of nitrogens with one attached hydrogen (secondary N) is 5. The third-order valence-electron chi connectivity index (χ3n) is 4.60. The molecule has 14 heteroatoms. The Hall–Kier alpha value is -3.29. The summed E-state index contributed by atoms with van der Waals surface area (Å²) in [6, 6.07) is -1.45. The largest absolute Gasteiger partial charge is 0.465 e. The van der Waals surface area contributed by atoms with Crippen LogP contribution in [0.5, 0.6) is 0 Å². The molecule has 0 aliphatic heterocycles. The lowest BCUT2D eigenvalue weighted by Crippen LogP contribution is -2.47. The quantitative estimate of drug-likeness (QED) is 0.147. The number of rotatable bonds is 15. The maximum Gasteiger partial charge on any atom is 0.407 e. The Morgan fingerprint density at radius 3 is 1.74 bits per heavy atom. The van der Waals surface area contributed by atoms with Crippen LogP contribution in [0.2, 0.25) is 0 Å². The highest BCUT2D eigenvalue weighted by Crippen LogP contribution is 2.08. The van der Waals surface area contributed by atoms with Gasteiger partial charge in [0.25, 0.3) is 0 Å². The van der Waals surface area contributed by atoms with Crippen molar-refractivity contribution in [3.63, 3.8) is 0 Å². The molecule has 5 amide bonds. The van der Waals surface area contributed by atoms with Gasteiger partial charge >= 0.3 is 18.3 Å². The summed E-state index contributed by atoms with van der Waals surface area (Å²) in [5, 5.41) is 21.5. The van der Waals surface area contributed by atoms with Gasteiger partial charge in [-0.15, -0.1) is 0 Å². The van der Waals surface area contributed by atoms with Crippen LogP contribution in [0.15, 0.2) is 0 Å². The van der Waals surface area contributed by atoms with Crippen LogP contribution in [0.25, 0.3) is 0 Å². The minimum atomic E-state index is -1.16. The van der Waals surface area contributed by atoms with Crippen LogP contribution in [0.3, 0.4) is 0 Å². The van der Waals surface area contributed by atoms with Gasteiger partial charge in [-0.05, 0) is 67.2 Å². The molecule has 14 nitrogen and oxygen atoms in total. The van der Waals surface area contributed by atoms with Crippen molar-refractivity contribution < 1.29 is 38.6 Å². The predicted octanol–water partition coefficient (Wildman–Crippen LogP) is 1.18. The van der Waals surface area contributed by atoms with E-state index in [9.17, 15) is 24.0 Å². The van der Waals surface area contributed by atoms with Crippen LogP contribution in [-0.4, -0.2) is 84.7 Å². The first-order valence-corrected chi connectivity index (χ1v) is 12.7. The van der Waals surface area contributed by atoms with E-state index in [1.165, 1.54) is 0 Å². The summed E-state index contributed by atoms with van der Waals surface area (Å²) < 4.78 is 10.3. The van der Waals surface area contributed by atoms with E-state index in [4.69, 9.17) is 20.3 Å². The second-order valence-electron chi connectivity index (χ2n) is 10.7. The van der Waals surface area contributed by atoms with Gasteiger partial charge in [-0.25, -0.2) is 14.4 Å². The van der Waals surface area contributed by atoms with Gasteiger partial charge in [-0.1, -0.05) is 0 Å². The van der Waals surface area contributed by atoms with E-state index in [0.29, 0.717) is 19.3 Å². The second-order valence-corrected chi connectivity index (χ2v) is 10.7. The fraction of sp³-hybridized carbons (Fsp3) is 0.792. The second kappa shape index (κ2) is 17.3. The molecule has 0 aromatic rings. The lowest BCUT2D eigenvalue weighted by atomic mass is 10.1. The lowest BCUT2D eigenvalue weighted by molar-refractivity contribution is -0.124. The van der Waals surface area contributed by atoms with Crippen molar-refractivity contribution in [2.75, 3.05) is 26.2 Å². The number of ether oxygens (including phenoxy) is 2. The van der Waals surface area contributed by atoms with Crippen LogP contribution in [0, 0.1) is 0 Å². The Kier molecular flexibility index (Phi) is 15.8. The fourth-order valence-electron chi connectivity index (χ4n) is 3.01. The Balaban J connectivity index is 4.61. The first kappa shape index (κ1) is 34.7. The topological polar surface area (TPSA) is 210 Å². The Morgan fingerprint density at radius 2 is 1.21 bits per heavy atom. The standard InChI is InChI=1S/C24H46N6O8/c1-23(2,3)37-21(35)28-12-8-10-17(25)19(32)30-16(9-7-11-27-20(33)34)15-18(31)26-13-14-29-22(36)38-24(4,5)6/h16-17,27H,7-15,25H2,1-6H3,(H,26,31)(H,28,35)(H,29,36)(H,30,32)(H,33,34)/t16-,17-/m0/s1. The van der Waals surface area contributed by atoms with Gasteiger partial charge in [0.2, 0.25) is 11.8 Å². The van der Waals surface area contributed by atoms with Gasteiger partial charge in [0.1, 0.15) is 11.2 Å². The zero-order chi connectivity index (χ0) is 29.4. The summed E-state index contributed by atoms with van der Waals surface area (Å²) in [4.78, 5) is 59.0. The van der Waals surface area contributed by atoms with Crippen molar-refractivity contribution in [2.45, 2.75) is 96.9 Å². The minimum absolute atomic E-state index is 0.0574. The average molecular weight is 547 g/mol. The molecule has 0 unspecified atom stereocenters. The molecule has 220 valence electrons. The number of nitrogens with two attached hydrogens (primary N) is 1. The zero-order valence-corrected chi connectivity index (χ0v) is 23.4. The smallest absolute Gasteiger partial charge is 0.407 e. The number of carbonyl (C=O) groups excluding carboxylic acids is 4. The van der Waals surface area contributed by atoms with Gasteiger partial charge in [0, 0.05) is 38.6 Å². The molecule has 2 atom stereocenters. The van der Waals surface area contributed by atoms with E-state index >= 15 is 0 Å². The number of hydrogen-bond acceptors (Lipinski definition) is 8. The predicted molar refractivity (Wildman–Crippen MR) is 141 cm³/mol. The maximum absolute atomic E-state index is 12.6. The molecule has 0 fully saturated rings. The minimum Gasteiger partial charge on any atom is -0.465 e. The summed E-state index contributed by atoms with van der Waals surface area (Å²) in [6.45, 7) is 11.2. The summed E-state index contributed by atoms with van der Waals surface area (Å²) >= 11 is 0.